The first-order valence-corrected chi connectivity index (χ1v) is 18.1. The second-order valence-corrected chi connectivity index (χ2v) is 16.0. The third-order valence-electron chi connectivity index (χ3n) is 3.94. The molecule has 228 valence electrons. The zero-order chi connectivity index (χ0) is 31.9. The Morgan fingerprint density at radius 2 is 0.548 bits per heavy atom. The van der Waals surface area contributed by atoms with Gasteiger partial charge < -0.3 is 9.11 Å². The van der Waals surface area contributed by atoms with Crippen molar-refractivity contribution < 1.29 is 94.7 Å². The fraction of sp³-hybridized carbons (Fsp3) is 0.0769. The molecule has 4 aromatic carbocycles. The van der Waals surface area contributed by atoms with Gasteiger partial charge in [-0.3, -0.25) is 0 Å². The first-order chi connectivity index (χ1) is 19.4. The van der Waals surface area contributed by atoms with Crippen molar-refractivity contribution in [3.05, 3.63) is 136 Å². The average molecular weight is 860 g/mol. The molecule has 0 radical (unpaired) electrons. The number of rotatable bonds is 4. The Labute approximate surface area is 259 Å². The minimum absolute atomic E-state index is 0.0287. The highest BCUT2D eigenvalue weighted by Crippen LogP contribution is 2.21. The fourth-order valence-electron chi connectivity index (χ4n) is 2.16. The van der Waals surface area contributed by atoms with Crippen LogP contribution < -0.4 is 42.4 Å². The number of hydrogen-bond acceptors (Lipinski definition) is 6. The van der Waals surface area contributed by atoms with Crippen LogP contribution in [0.4, 0.5) is 26.3 Å². The number of halogens is 8. The summed E-state index contributed by atoms with van der Waals surface area (Å²) in [4.78, 5) is 0. The lowest BCUT2D eigenvalue weighted by Gasteiger charge is -2.08. The number of hydrogen-bond donors (Lipinski definition) is 0. The van der Waals surface area contributed by atoms with Gasteiger partial charge in [-0.05, 0) is 48.5 Å². The SMILES string of the molecule is O=S(=O)([O-])C(F)(F)F.O=S(=O)([O-])C(F)(F)F.c1ccc([I+]c2ccccc2)cc1.c1ccc([I+]c2ccccc2)cc1. The van der Waals surface area contributed by atoms with E-state index in [1.54, 1.807) is 0 Å². The van der Waals surface area contributed by atoms with Crippen LogP contribution in [0, 0.1) is 14.3 Å². The Morgan fingerprint density at radius 3 is 0.667 bits per heavy atom. The van der Waals surface area contributed by atoms with E-state index in [-0.39, 0.29) is 42.4 Å². The first kappa shape index (κ1) is 37.8. The van der Waals surface area contributed by atoms with E-state index in [4.69, 9.17) is 25.9 Å². The quantitative estimate of drug-likeness (QED) is 0.121. The van der Waals surface area contributed by atoms with Crippen molar-refractivity contribution in [2.75, 3.05) is 0 Å². The Hall–Kier alpha value is -2.26. The van der Waals surface area contributed by atoms with Crippen molar-refractivity contribution in [3.63, 3.8) is 0 Å². The molecular formula is C26H20F6I2O6S2. The lowest BCUT2D eigenvalue weighted by Crippen LogP contribution is -3.61. The van der Waals surface area contributed by atoms with E-state index in [0.29, 0.717) is 0 Å². The van der Waals surface area contributed by atoms with Gasteiger partial charge in [0.15, 0.2) is 34.5 Å². The zero-order valence-electron chi connectivity index (χ0n) is 20.8. The molecule has 0 unspecified atom stereocenters. The van der Waals surface area contributed by atoms with E-state index in [2.05, 4.69) is 121 Å². The maximum absolute atomic E-state index is 10.7. The Kier molecular flexibility index (Phi) is 16.0. The Bertz CT molecular complexity index is 1330. The highest BCUT2D eigenvalue weighted by atomic mass is 127. The van der Waals surface area contributed by atoms with Gasteiger partial charge in [0, 0.05) is 0 Å². The fourth-order valence-corrected chi connectivity index (χ4v) is 6.70. The summed E-state index contributed by atoms with van der Waals surface area (Å²) in [6.07, 6.45) is 0. The normalized spacial score (nSPS) is 11.4. The molecule has 0 spiro atoms. The molecule has 6 nitrogen and oxygen atoms in total. The molecule has 4 aromatic rings. The summed E-state index contributed by atoms with van der Waals surface area (Å²) < 4.78 is 124. The summed E-state index contributed by atoms with van der Waals surface area (Å²) in [6.45, 7) is 0. The van der Waals surface area contributed by atoms with Gasteiger partial charge in [-0.1, -0.05) is 72.8 Å². The molecule has 0 aliphatic carbocycles. The van der Waals surface area contributed by atoms with Crippen LogP contribution in [0.1, 0.15) is 0 Å². The molecule has 0 saturated carbocycles. The topological polar surface area (TPSA) is 114 Å². The molecule has 0 amide bonds. The van der Waals surface area contributed by atoms with Crippen LogP contribution in [-0.4, -0.2) is 37.0 Å². The van der Waals surface area contributed by atoms with E-state index in [9.17, 15) is 26.3 Å². The molecule has 0 saturated heterocycles. The number of benzene rings is 4. The van der Waals surface area contributed by atoms with Gasteiger partial charge in [0.05, 0.1) is 0 Å². The van der Waals surface area contributed by atoms with Gasteiger partial charge in [-0.25, -0.2) is 16.8 Å². The molecule has 0 fully saturated rings. The second-order valence-electron chi connectivity index (χ2n) is 7.17. The van der Waals surface area contributed by atoms with E-state index in [1.165, 1.54) is 14.3 Å². The van der Waals surface area contributed by atoms with Crippen molar-refractivity contribution in [1.29, 1.82) is 0 Å². The first-order valence-electron chi connectivity index (χ1n) is 10.9. The van der Waals surface area contributed by atoms with Crippen LogP contribution >= 0.6 is 0 Å². The van der Waals surface area contributed by atoms with Crippen LogP contribution in [-0.2, 0) is 20.2 Å². The molecule has 0 bridgehead atoms. The summed E-state index contributed by atoms with van der Waals surface area (Å²) in [5, 5.41) is 0. The maximum Gasteiger partial charge on any atom is 0.485 e. The van der Waals surface area contributed by atoms with Crippen LogP contribution in [0.2, 0.25) is 0 Å². The molecule has 0 aromatic heterocycles. The molecular weight excluding hydrogens is 840 g/mol. The lowest BCUT2D eigenvalue weighted by atomic mass is 10.4. The third kappa shape index (κ3) is 16.4. The summed E-state index contributed by atoms with van der Waals surface area (Å²) in [5.41, 5.74) is -11.3. The standard InChI is InChI=1S/2C12H10I.2CHF3O3S/c2*1-3-7-11(8-4-1)13-12-9-5-2-6-10-12;2*2-1(3,4)8(5,6)7/h2*1-10H;2*(H,5,6,7)/q2*+1;;/p-2. The predicted octanol–water partition coefficient (Wildman–Crippen LogP) is -0.267. The monoisotopic (exact) mass is 860 g/mol. The molecule has 0 aliphatic rings. The molecule has 16 heteroatoms. The van der Waals surface area contributed by atoms with E-state index in [0.717, 1.165) is 0 Å². The van der Waals surface area contributed by atoms with Crippen LogP contribution in [0.25, 0.3) is 0 Å². The maximum atomic E-state index is 10.7. The average Bonchev–Trinajstić information content (AvgIpc) is 2.90. The Morgan fingerprint density at radius 1 is 0.405 bits per heavy atom. The number of alkyl halides is 6. The van der Waals surface area contributed by atoms with Gasteiger partial charge in [0.2, 0.25) is 0 Å². The van der Waals surface area contributed by atoms with Gasteiger partial charge in [-0.15, -0.1) is 0 Å². The molecule has 0 N–H and O–H groups in total. The Balaban J connectivity index is 0.000000289. The lowest BCUT2D eigenvalue weighted by molar-refractivity contribution is -0.597. The minimum atomic E-state index is -6.09. The van der Waals surface area contributed by atoms with E-state index in [1.807, 2.05) is 0 Å². The summed E-state index contributed by atoms with van der Waals surface area (Å²) in [6, 6.07) is 42.8. The van der Waals surface area contributed by atoms with Crippen molar-refractivity contribution >= 4 is 20.2 Å². The predicted molar refractivity (Wildman–Crippen MR) is 132 cm³/mol. The van der Waals surface area contributed by atoms with Crippen LogP contribution in [0.3, 0.4) is 0 Å². The van der Waals surface area contributed by atoms with E-state index < -0.39 is 31.3 Å². The van der Waals surface area contributed by atoms with Crippen LogP contribution in [0.5, 0.6) is 0 Å². The summed E-state index contributed by atoms with van der Waals surface area (Å²) in [7, 11) is -12.2. The largest absolute Gasteiger partial charge is 0.741 e. The zero-order valence-corrected chi connectivity index (χ0v) is 26.8. The summed E-state index contributed by atoms with van der Waals surface area (Å²) in [5.74, 6) is 0. The van der Waals surface area contributed by atoms with E-state index >= 15 is 0 Å². The molecule has 4 rings (SSSR count). The molecule has 0 aliphatic heterocycles. The third-order valence-corrected chi connectivity index (χ3v) is 10.4. The van der Waals surface area contributed by atoms with Gasteiger partial charge in [0.25, 0.3) is 0 Å². The van der Waals surface area contributed by atoms with Crippen molar-refractivity contribution in [2.45, 2.75) is 11.0 Å². The summed E-state index contributed by atoms with van der Waals surface area (Å²) >= 11 is 0.0574. The molecule has 42 heavy (non-hydrogen) atoms. The van der Waals surface area contributed by atoms with Gasteiger partial charge in [0.1, 0.15) is 0 Å². The van der Waals surface area contributed by atoms with Crippen molar-refractivity contribution in [3.8, 4) is 0 Å². The van der Waals surface area contributed by atoms with Crippen molar-refractivity contribution in [2.24, 2.45) is 0 Å². The highest BCUT2D eigenvalue weighted by molar-refractivity contribution is 7.86. The van der Waals surface area contributed by atoms with Gasteiger partial charge in [-0.2, -0.15) is 26.3 Å². The smallest absolute Gasteiger partial charge is 0.485 e. The minimum Gasteiger partial charge on any atom is -0.741 e. The molecule has 0 atom stereocenters. The van der Waals surface area contributed by atoms with Crippen LogP contribution in [0.15, 0.2) is 121 Å². The van der Waals surface area contributed by atoms with Gasteiger partial charge >= 0.3 is 53.4 Å². The highest BCUT2D eigenvalue weighted by Gasteiger charge is 2.37. The second kappa shape index (κ2) is 17.8. The molecule has 0 heterocycles. The van der Waals surface area contributed by atoms with Crippen molar-refractivity contribution in [1.82, 2.24) is 0 Å².